The summed E-state index contributed by atoms with van der Waals surface area (Å²) in [6.07, 6.45) is 0. The molecule has 2 aromatic carbocycles. The molecule has 0 bridgehead atoms. The molecule has 27 heavy (non-hydrogen) atoms. The number of nitrogens with one attached hydrogen (secondary N) is 1. The van der Waals surface area contributed by atoms with Gasteiger partial charge in [0.2, 0.25) is 5.91 Å². The Kier molecular flexibility index (Phi) is 6.72. The lowest BCUT2D eigenvalue weighted by molar-refractivity contribution is -0.132. The first kappa shape index (κ1) is 19.7. The molecule has 1 aliphatic rings. The van der Waals surface area contributed by atoms with E-state index in [4.69, 9.17) is 16.3 Å². The van der Waals surface area contributed by atoms with Gasteiger partial charge in [0.25, 0.3) is 0 Å². The minimum Gasteiger partial charge on any atom is -0.497 e. The van der Waals surface area contributed by atoms with E-state index in [-0.39, 0.29) is 11.9 Å². The Labute approximate surface area is 165 Å². The molecule has 1 atom stereocenters. The molecule has 1 fully saturated rings. The first-order valence-corrected chi connectivity index (χ1v) is 9.52. The van der Waals surface area contributed by atoms with Crippen molar-refractivity contribution in [3.05, 3.63) is 64.7 Å². The van der Waals surface area contributed by atoms with Crippen molar-refractivity contribution in [1.82, 2.24) is 15.1 Å². The van der Waals surface area contributed by atoms with Gasteiger partial charge in [0.05, 0.1) is 13.7 Å². The van der Waals surface area contributed by atoms with Gasteiger partial charge in [0.15, 0.2) is 0 Å². The second-order valence-electron chi connectivity index (χ2n) is 6.85. The van der Waals surface area contributed by atoms with E-state index >= 15 is 0 Å². The minimum absolute atomic E-state index is 0.103. The van der Waals surface area contributed by atoms with Crippen LogP contribution in [0.3, 0.4) is 0 Å². The van der Waals surface area contributed by atoms with Crippen LogP contribution in [0.5, 0.6) is 5.75 Å². The highest BCUT2D eigenvalue weighted by molar-refractivity contribution is 6.30. The van der Waals surface area contributed by atoms with Crippen LogP contribution in [0, 0.1) is 0 Å². The van der Waals surface area contributed by atoms with E-state index in [0.29, 0.717) is 13.1 Å². The van der Waals surface area contributed by atoms with E-state index in [0.717, 1.165) is 41.5 Å². The molecule has 0 aromatic heterocycles. The zero-order valence-electron chi connectivity index (χ0n) is 15.8. The number of hydrogen-bond acceptors (Lipinski definition) is 4. The highest BCUT2D eigenvalue weighted by Crippen LogP contribution is 2.24. The van der Waals surface area contributed by atoms with Crippen LogP contribution in [0.4, 0.5) is 0 Å². The summed E-state index contributed by atoms with van der Waals surface area (Å²) in [5.41, 5.74) is 2.19. The van der Waals surface area contributed by atoms with Gasteiger partial charge in [-0.15, -0.1) is 0 Å². The zero-order chi connectivity index (χ0) is 19.2. The van der Waals surface area contributed by atoms with Crippen molar-refractivity contribution in [2.75, 3.05) is 40.3 Å². The van der Waals surface area contributed by atoms with E-state index in [2.05, 4.69) is 16.3 Å². The Bertz CT molecular complexity index is 784. The molecule has 1 aliphatic heterocycles. The van der Waals surface area contributed by atoms with Crippen molar-refractivity contribution in [3.8, 4) is 5.75 Å². The van der Waals surface area contributed by atoms with Crippen molar-refractivity contribution in [2.24, 2.45) is 0 Å². The fourth-order valence-electron chi connectivity index (χ4n) is 3.41. The van der Waals surface area contributed by atoms with Crippen LogP contribution >= 0.6 is 11.6 Å². The zero-order valence-corrected chi connectivity index (χ0v) is 16.6. The quantitative estimate of drug-likeness (QED) is 0.827. The molecular weight excluding hydrogens is 362 g/mol. The van der Waals surface area contributed by atoms with Crippen molar-refractivity contribution >= 4 is 17.5 Å². The standard InChI is InChI=1S/C21H26ClN3O2/c1-24(14-16-5-3-8-19(11-16)27-2)21(26)15-25-10-9-23-13-20(25)17-6-4-7-18(22)12-17/h3-8,11-12,20,23H,9-10,13-15H2,1-2H3. The molecule has 6 heteroatoms. The molecule has 1 heterocycles. The van der Waals surface area contributed by atoms with Gasteiger partial charge in [-0.2, -0.15) is 0 Å². The first-order chi connectivity index (χ1) is 13.1. The monoisotopic (exact) mass is 387 g/mol. The summed E-state index contributed by atoms with van der Waals surface area (Å²) in [5, 5.41) is 4.14. The minimum atomic E-state index is 0.103. The number of methoxy groups -OCH3 is 1. The van der Waals surface area contributed by atoms with E-state index in [1.807, 2.05) is 49.5 Å². The summed E-state index contributed by atoms with van der Waals surface area (Å²) in [6, 6.07) is 15.8. The lowest BCUT2D eigenvalue weighted by Gasteiger charge is -2.37. The molecule has 3 rings (SSSR count). The maximum atomic E-state index is 12.8. The van der Waals surface area contributed by atoms with Gasteiger partial charge in [-0.25, -0.2) is 0 Å². The molecule has 144 valence electrons. The molecule has 0 aliphatic carbocycles. The fraction of sp³-hybridized carbons (Fsp3) is 0.381. The van der Waals surface area contributed by atoms with E-state index in [1.54, 1.807) is 12.0 Å². The van der Waals surface area contributed by atoms with Gasteiger partial charge in [0, 0.05) is 44.3 Å². The van der Waals surface area contributed by atoms with Crippen LogP contribution in [0.1, 0.15) is 17.2 Å². The van der Waals surface area contributed by atoms with Crippen LogP contribution in [-0.4, -0.2) is 56.0 Å². The lowest BCUT2D eigenvalue weighted by Crippen LogP contribution is -2.49. The number of piperazine rings is 1. The van der Waals surface area contributed by atoms with Crippen molar-refractivity contribution < 1.29 is 9.53 Å². The molecule has 0 spiro atoms. The molecular formula is C21H26ClN3O2. The number of carbonyl (C=O) groups is 1. The molecule has 1 unspecified atom stereocenters. The van der Waals surface area contributed by atoms with Crippen molar-refractivity contribution in [3.63, 3.8) is 0 Å². The number of ether oxygens (including phenoxy) is 1. The number of halogens is 1. The summed E-state index contributed by atoms with van der Waals surface area (Å²) < 4.78 is 5.26. The summed E-state index contributed by atoms with van der Waals surface area (Å²) >= 11 is 6.16. The number of amides is 1. The number of hydrogen-bond donors (Lipinski definition) is 1. The smallest absolute Gasteiger partial charge is 0.236 e. The van der Waals surface area contributed by atoms with Gasteiger partial charge in [-0.1, -0.05) is 35.9 Å². The predicted molar refractivity (Wildman–Crippen MR) is 108 cm³/mol. The Hall–Kier alpha value is -2.08. The lowest BCUT2D eigenvalue weighted by atomic mass is 10.0. The molecule has 2 aromatic rings. The molecule has 1 N–H and O–H groups in total. The summed E-state index contributed by atoms with van der Waals surface area (Å²) in [5.74, 6) is 0.906. The third-order valence-electron chi connectivity index (χ3n) is 4.91. The Morgan fingerprint density at radius 2 is 2.11 bits per heavy atom. The van der Waals surface area contributed by atoms with Gasteiger partial charge in [-0.3, -0.25) is 9.69 Å². The number of likely N-dealkylation sites (N-methyl/N-ethyl adjacent to an activating group) is 1. The van der Waals surface area contributed by atoms with Crippen LogP contribution in [0.25, 0.3) is 0 Å². The van der Waals surface area contributed by atoms with Gasteiger partial charge < -0.3 is 15.0 Å². The van der Waals surface area contributed by atoms with Crippen LogP contribution in [0.15, 0.2) is 48.5 Å². The highest BCUT2D eigenvalue weighted by atomic mass is 35.5. The van der Waals surface area contributed by atoms with Gasteiger partial charge in [0.1, 0.15) is 5.75 Å². The molecule has 5 nitrogen and oxygen atoms in total. The highest BCUT2D eigenvalue weighted by Gasteiger charge is 2.26. The molecule has 0 saturated carbocycles. The largest absolute Gasteiger partial charge is 0.497 e. The first-order valence-electron chi connectivity index (χ1n) is 9.14. The Morgan fingerprint density at radius 3 is 2.89 bits per heavy atom. The number of benzene rings is 2. The molecule has 1 amide bonds. The van der Waals surface area contributed by atoms with Crippen molar-refractivity contribution in [1.29, 1.82) is 0 Å². The third-order valence-corrected chi connectivity index (χ3v) is 5.14. The van der Waals surface area contributed by atoms with Crippen LogP contribution in [-0.2, 0) is 11.3 Å². The third kappa shape index (κ3) is 5.22. The normalized spacial score (nSPS) is 17.5. The summed E-state index contributed by atoms with van der Waals surface area (Å²) in [6.45, 7) is 3.47. The second kappa shape index (κ2) is 9.22. The van der Waals surface area contributed by atoms with E-state index in [1.165, 1.54) is 0 Å². The van der Waals surface area contributed by atoms with E-state index in [9.17, 15) is 4.79 Å². The average molecular weight is 388 g/mol. The average Bonchev–Trinajstić information content (AvgIpc) is 2.68. The number of rotatable bonds is 6. The Morgan fingerprint density at radius 1 is 1.30 bits per heavy atom. The number of carbonyl (C=O) groups excluding carboxylic acids is 1. The topological polar surface area (TPSA) is 44.8 Å². The summed E-state index contributed by atoms with van der Waals surface area (Å²) in [4.78, 5) is 16.8. The SMILES string of the molecule is COc1cccc(CN(C)C(=O)CN2CCNCC2c2cccc(Cl)c2)c1. The number of nitrogens with zero attached hydrogens (tertiary/aromatic N) is 2. The molecule has 0 radical (unpaired) electrons. The van der Waals surface area contributed by atoms with Gasteiger partial charge in [-0.05, 0) is 35.4 Å². The maximum absolute atomic E-state index is 12.8. The van der Waals surface area contributed by atoms with Crippen LogP contribution < -0.4 is 10.1 Å². The fourth-order valence-corrected chi connectivity index (χ4v) is 3.60. The maximum Gasteiger partial charge on any atom is 0.236 e. The summed E-state index contributed by atoms with van der Waals surface area (Å²) in [7, 11) is 3.49. The van der Waals surface area contributed by atoms with Gasteiger partial charge >= 0.3 is 0 Å². The van der Waals surface area contributed by atoms with Crippen LogP contribution in [0.2, 0.25) is 5.02 Å². The predicted octanol–water partition coefficient (Wildman–Crippen LogP) is 2.95. The molecule has 1 saturated heterocycles. The second-order valence-corrected chi connectivity index (χ2v) is 7.28. The Balaban J connectivity index is 1.65. The van der Waals surface area contributed by atoms with Crippen molar-refractivity contribution in [2.45, 2.75) is 12.6 Å². The van der Waals surface area contributed by atoms with E-state index < -0.39 is 0 Å².